The number of ether oxygens (including phenoxy) is 1. The summed E-state index contributed by atoms with van der Waals surface area (Å²) in [6.07, 6.45) is 3.32. The number of anilines is 1. The Kier molecular flexibility index (Phi) is 5.13. The van der Waals surface area contributed by atoms with Gasteiger partial charge in [-0.3, -0.25) is 4.98 Å². The number of benzene rings is 1. The minimum atomic E-state index is -0.653. The number of rotatable bonds is 5. The van der Waals surface area contributed by atoms with E-state index in [1.807, 2.05) is 12.1 Å². The van der Waals surface area contributed by atoms with Crippen molar-refractivity contribution >= 4 is 16.9 Å². The van der Waals surface area contributed by atoms with Crippen LogP contribution in [0.25, 0.3) is 22.4 Å². The molecule has 0 amide bonds. The highest BCUT2D eigenvalue weighted by Gasteiger charge is 2.19. The van der Waals surface area contributed by atoms with E-state index >= 15 is 0 Å². The molecule has 5 rings (SSSR count). The molecule has 0 radical (unpaired) electrons. The number of hydrogen-bond acceptors (Lipinski definition) is 8. The van der Waals surface area contributed by atoms with Crippen LogP contribution in [0.4, 0.5) is 10.2 Å². The average Bonchev–Trinajstić information content (AvgIpc) is 3.26. The predicted molar refractivity (Wildman–Crippen MR) is 111 cm³/mol. The minimum absolute atomic E-state index is 0.149. The first-order chi connectivity index (χ1) is 15.2. The summed E-state index contributed by atoms with van der Waals surface area (Å²) >= 11 is 0. The summed E-state index contributed by atoms with van der Waals surface area (Å²) in [5.74, 6) is 1.39. The van der Waals surface area contributed by atoms with Gasteiger partial charge in [-0.2, -0.15) is 0 Å². The number of aromatic hydroxyl groups is 1. The molecule has 9 nitrogen and oxygen atoms in total. The molecule has 3 aromatic heterocycles. The van der Waals surface area contributed by atoms with E-state index in [1.165, 1.54) is 0 Å². The van der Waals surface area contributed by atoms with Gasteiger partial charge in [0.15, 0.2) is 11.6 Å². The Labute approximate surface area is 177 Å². The average molecular weight is 421 g/mol. The number of fused-ring (bicyclic) bond motifs is 1. The molecule has 1 aliphatic heterocycles. The van der Waals surface area contributed by atoms with Crippen LogP contribution >= 0.6 is 0 Å². The van der Waals surface area contributed by atoms with E-state index in [1.54, 1.807) is 35.3 Å². The summed E-state index contributed by atoms with van der Waals surface area (Å²) in [6.45, 7) is 2.40. The second-order valence-corrected chi connectivity index (χ2v) is 7.27. The second-order valence-electron chi connectivity index (χ2n) is 7.27. The summed E-state index contributed by atoms with van der Waals surface area (Å²) in [4.78, 5) is 16.3. The van der Waals surface area contributed by atoms with Gasteiger partial charge < -0.3 is 14.7 Å². The predicted octanol–water partition coefficient (Wildman–Crippen LogP) is 2.34. The fourth-order valence-electron chi connectivity index (χ4n) is 3.57. The molecule has 1 N–H and O–H groups in total. The molecule has 4 heterocycles. The van der Waals surface area contributed by atoms with Crippen molar-refractivity contribution in [2.75, 3.05) is 31.2 Å². The zero-order chi connectivity index (χ0) is 21.2. The van der Waals surface area contributed by atoms with Crippen molar-refractivity contribution in [3.05, 3.63) is 54.0 Å². The maximum atomic E-state index is 12.8. The van der Waals surface area contributed by atoms with E-state index in [9.17, 15) is 9.50 Å². The summed E-state index contributed by atoms with van der Waals surface area (Å²) in [5, 5.41) is 17.6. The maximum Gasteiger partial charge on any atom is 0.162 e. The zero-order valence-corrected chi connectivity index (χ0v) is 16.6. The molecule has 0 unspecified atom stereocenters. The number of morpholine rings is 1. The number of hydrogen-bond donors (Lipinski definition) is 1. The molecule has 158 valence electrons. The minimum Gasteiger partial charge on any atom is -0.508 e. The third-order valence-electron chi connectivity index (χ3n) is 5.06. The molecule has 10 heteroatoms. The lowest BCUT2D eigenvalue weighted by Crippen LogP contribution is -2.37. The molecule has 1 aliphatic rings. The molecule has 1 saturated heterocycles. The Bertz CT molecular complexity index is 1220. The largest absolute Gasteiger partial charge is 0.508 e. The van der Waals surface area contributed by atoms with Crippen molar-refractivity contribution in [2.45, 2.75) is 13.2 Å². The van der Waals surface area contributed by atoms with E-state index < -0.39 is 6.67 Å². The van der Waals surface area contributed by atoms with E-state index in [0.717, 1.165) is 11.4 Å². The molecule has 0 saturated carbocycles. The first-order valence-corrected chi connectivity index (χ1v) is 9.93. The Morgan fingerprint density at radius 1 is 1.13 bits per heavy atom. The first-order valence-electron chi connectivity index (χ1n) is 9.93. The van der Waals surface area contributed by atoms with Gasteiger partial charge in [-0.1, -0.05) is 17.3 Å². The third-order valence-corrected chi connectivity index (χ3v) is 5.06. The highest BCUT2D eigenvalue weighted by molar-refractivity contribution is 5.88. The number of phenolic OH excluding ortho intramolecular Hbond substituents is 1. The van der Waals surface area contributed by atoms with Crippen molar-refractivity contribution in [3.8, 4) is 17.1 Å². The lowest BCUT2D eigenvalue weighted by molar-refractivity contribution is 0.122. The standard InChI is InChI=1S/C21H20FN7O2/c22-10-16-13-29(27-26-16)12-14-8-18-19(23-11-14)21(28-4-6-31-7-5-28)25-20(24-18)15-2-1-3-17(30)9-15/h1-3,8-9,11,13,30H,4-7,10,12H2. The SMILES string of the molecule is Oc1cccc(-c2nc(N3CCOCC3)c3ncc(Cn4cc(CF)nn4)cc3n2)c1. The molecule has 0 spiro atoms. The molecule has 0 bridgehead atoms. The molecule has 1 fully saturated rings. The fourth-order valence-corrected chi connectivity index (χ4v) is 3.57. The van der Waals surface area contributed by atoms with E-state index in [0.29, 0.717) is 55.3 Å². The van der Waals surface area contributed by atoms with Crippen molar-refractivity contribution in [3.63, 3.8) is 0 Å². The second kappa shape index (κ2) is 8.23. The number of alkyl halides is 1. The van der Waals surface area contributed by atoms with Gasteiger partial charge in [-0.15, -0.1) is 5.10 Å². The third kappa shape index (κ3) is 4.02. The Morgan fingerprint density at radius 2 is 2.00 bits per heavy atom. The summed E-state index contributed by atoms with van der Waals surface area (Å²) < 4.78 is 19.8. The Hall–Kier alpha value is -3.66. The topological polar surface area (TPSA) is 102 Å². The molecule has 1 aromatic carbocycles. The lowest BCUT2D eigenvalue weighted by Gasteiger charge is -2.28. The van der Waals surface area contributed by atoms with Crippen LogP contribution in [-0.4, -0.2) is 61.4 Å². The summed E-state index contributed by atoms with van der Waals surface area (Å²) in [7, 11) is 0. The molecular weight excluding hydrogens is 401 g/mol. The van der Waals surface area contributed by atoms with Crippen LogP contribution < -0.4 is 4.90 Å². The van der Waals surface area contributed by atoms with Crippen molar-refractivity contribution in [2.24, 2.45) is 0 Å². The molecule has 0 aliphatic carbocycles. The fraction of sp³-hybridized carbons (Fsp3) is 0.286. The van der Waals surface area contributed by atoms with Crippen LogP contribution in [0.2, 0.25) is 0 Å². The number of aromatic nitrogens is 6. The Morgan fingerprint density at radius 3 is 2.77 bits per heavy atom. The van der Waals surface area contributed by atoms with Crippen LogP contribution in [0.3, 0.4) is 0 Å². The van der Waals surface area contributed by atoms with Crippen molar-refractivity contribution in [1.82, 2.24) is 29.9 Å². The van der Waals surface area contributed by atoms with E-state index in [4.69, 9.17) is 14.7 Å². The Balaban J connectivity index is 1.59. The normalized spacial score (nSPS) is 14.3. The number of nitrogens with zero attached hydrogens (tertiary/aromatic N) is 7. The first kappa shape index (κ1) is 19.3. The highest BCUT2D eigenvalue weighted by Crippen LogP contribution is 2.28. The van der Waals surface area contributed by atoms with Gasteiger partial charge in [0.2, 0.25) is 0 Å². The quantitative estimate of drug-likeness (QED) is 0.524. The van der Waals surface area contributed by atoms with Crippen LogP contribution in [-0.2, 0) is 18.0 Å². The highest BCUT2D eigenvalue weighted by atomic mass is 19.1. The summed E-state index contributed by atoms with van der Waals surface area (Å²) in [5.41, 5.74) is 3.23. The van der Waals surface area contributed by atoms with Gasteiger partial charge in [-0.25, -0.2) is 19.0 Å². The molecular formula is C21H20FN7O2. The van der Waals surface area contributed by atoms with Crippen LogP contribution in [0.1, 0.15) is 11.3 Å². The van der Waals surface area contributed by atoms with Gasteiger partial charge >= 0.3 is 0 Å². The monoisotopic (exact) mass is 421 g/mol. The van der Waals surface area contributed by atoms with Gasteiger partial charge in [0, 0.05) is 24.8 Å². The van der Waals surface area contributed by atoms with Crippen molar-refractivity contribution in [1.29, 1.82) is 0 Å². The van der Waals surface area contributed by atoms with Crippen LogP contribution in [0, 0.1) is 0 Å². The molecule has 0 atom stereocenters. The number of halogens is 1. The van der Waals surface area contributed by atoms with Crippen molar-refractivity contribution < 1.29 is 14.2 Å². The smallest absolute Gasteiger partial charge is 0.162 e. The van der Waals surface area contributed by atoms with E-state index in [-0.39, 0.29) is 11.4 Å². The van der Waals surface area contributed by atoms with Crippen LogP contribution in [0.5, 0.6) is 5.75 Å². The van der Waals surface area contributed by atoms with Gasteiger partial charge in [0.05, 0.1) is 31.5 Å². The van der Waals surface area contributed by atoms with Gasteiger partial charge in [-0.05, 0) is 23.8 Å². The molecule has 31 heavy (non-hydrogen) atoms. The zero-order valence-electron chi connectivity index (χ0n) is 16.6. The molecule has 4 aromatic rings. The van der Waals surface area contributed by atoms with Crippen LogP contribution in [0.15, 0.2) is 42.7 Å². The lowest BCUT2D eigenvalue weighted by atomic mass is 10.2. The van der Waals surface area contributed by atoms with Gasteiger partial charge in [0.1, 0.15) is 23.6 Å². The number of pyridine rings is 1. The number of phenols is 1. The van der Waals surface area contributed by atoms with E-state index in [2.05, 4.69) is 20.2 Å². The summed E-state index contributed by atoms with van der Waals surface area (Å²) in [6, 6.07) is 8.78. The maximum absolute atomic E-state index is 12.8. The van der Waals surface area contributed by atoms with Gasteiger partial charge in [0.25, 0.3) is 0 Å².